The van der Waals surface area contributed by atoms with Gasteiger partial charge in [0, 0.05) is 11.3 Å². The Hall–Kier alpha value is -3.05. The number of nitrogens with zero attached hydrogens (tertiary/aromatic N) is 1. The predicted molar refractivity (Wildman–Crippen MR) is 105 cm³/mol. The molecule has 2 N–H and O–H groups in total. The molecule has 3 rings (SSSR count). The Bertz CT molecular complexity index is 917. The van der Waals surface area contributed by atoms with E-state index in [9.17, 15) is 4.79 Å². The van der Waals surface area contributed by atoms with Crippen LogP contribution in [0.2, 0.25) is 5.02 Å². The van der Waals surface area contributed by atoms with E-state index in [2.05, 4.69) is 15.8 Å². The molecule has 1 aromatic heterocycles. The zero-order chi connectivity index (χ0) is 18.4. The van der Waals surface area contributed by atoms with Gasteiger partial charge in [0.1, 0.15) is 11.5 Å². The molecule has 0 radical (unpaired) electrons. The highest BCUT2D eigenvalue weighted by molar-refractivity contribution is 6.33. The summed E-state index contributed by atoms with van der Waals surface area (Å²) < 4.78 is 5.67. The first-order valence-corrected chi connectivity index (χ1v) is 8.47. The summed E-state index contributed by atoms with van der Waals surface area (Å²) in [5.74, 6) is 0.913. The average Bonchev–Trinajstić information content (AvgIpc) is 3.10. The number of amides is 1. The molecule has 6 heteroatoms. The molecule has 0 spiro atoms. The molecule has 5 nitrogen and oxygen atoms in total. The number of furan rings is 1. The third-order valence-electron chi connectivity index (χ3n) is 3.65. The molecule has 0 aliphatic carbocycles. The number of halogens is 1. The number of carbonyl (C=O) groups excluding carboxylic acids is 1. The van der Waals surface area contributed by atoms with Crippen molar-refractivity contribution in [1.29, 1.82) is 0 Å². The highest BCUT2D eigenvalue weighted by Crippen LogP contribution is 2.28. The standard InChI is InChI=1S/C20H18ClN3O2/c1-14-6-8-15(9-7-14)22-13-20(25)24-23-12-16-10-11-19(26-16)17-4-2-3-5-18(17)21/h2-12,22H,13H2,1H3,(H,24,25). The number of carbonyl (C=O) groups is 1. The Morgan fingerprint density at radius 2 is 1.88 bits per heavy atom. The van der Waals surface area contributed by atoms with Crippen molar-refractivity contribution in [3.8, 4) is 11.3 Å². The number of hydrogen-bond donors (Lipinski definition) is 2. The second kappa shape index (κ2) is 8.36. The Labute approximate surface area is 156 Å². The van der Waals surface area contributed by atoms with Crippen molar-refractivity contribution >= 4 is 29.4 Å². The lowest BCUT2D eigenvalue weighted by Crippen LogP contribution is -2.25. The van der Waals surface area contributed by atoms with Gasteiger partial charge in [-0.2, -0.15) is 5.10 Å². The minimum atomic E-state index is -0.250. The van der Waals surface area contributed by atoms with E-state index in [1.165, 1.54) is 11.8 Å². The number of anilines is 1. The lowest BCUT2D eigenvalue weighted by atomic mass is 10.2. The minimum absolute atomic E-state index is 0.128. The highest BCUT2D eigenvalue weighted by Gasteiger charge is 2.07. The fourth-order valence-corrected chi connectivity index (χ4v) is 2.52. The van der Waals surface area contributed by atoms with Gasteiger partial charge >= 0.3 is 0 Å². The molecule has 0 aliphatic heterocycles. The molecular weight excluding hydrogens is 350 g/mol. The van der Waals surface area contributed by atoms with E-state index in [1.54, 1.807) is 12.1 Å². The molecule has 0 unspecified atom stereocenters. The van der Waals surface area contributed by atoms with Crippen LogP contribution in [0.15, 0.2) is 70.2 Å². The summed E-state index contributed by atoms with van der Waals surface area (Å²) in [5.41, 5.74) is 5.31. The van der Waals surface area contributed by atoms with Gasteiger partial charge in [-0.3, -0.25) is 4.79 Å². The van der Waals surface area contributed by atoms with Crippen LogP contribution < -0.4 is 10.7 Å². The lowest BCUT2D eigenvalue weighted by molar-refractivity contribution is -0.119. The van der Waals surface area contributed by atoms with Gasteiger partial charge in [0.25, 0.3) is 5.91 Å². The second-order valence-corrected chi connectivity index (χ2v) is 6.10. The fraction of sp³-hybridized carbons (Fsp3) is 0.100. The van der Waals surface area contributed by atoms with Crippen molar-refractivity contribution in [1.82, 2.24) is 5.43 Å². The molecule has 1 heterocycles. The van der Waals surface area contributed by atoms with Crippen LogP contribution in [0.25, 0.3) is 11.3 Å². The van der Waals surface area contributed by atoms with Crippen LogP contribution in [-0.4, -0.2) is 18.7 Å². The number of hydrazone groups is 1. The maximum Gasteiger partial charge on any atom is 0.259 e. The summed E-state index contributed by atoms with van der Waals surface area (Å²) in [6.45, 7) is 2.14. The summed E-state index contributed by atoms with van der Waals surface area (Å²) in [7, 11) is 0. The first-order chi connectivity index (χ1) is 12.6. The predicted octanol–water partition coefficient (Wildman–Crippen LogP) is 4.47. The molecule has 0 aliphatic rings. The number of nitrogens with one attached hydrogen (secondary N) is 2. The smallest absolute Gasteiger partial charge is 0.259 e. The third kappa shape index (κ3) is 4.74. The maximum absolute atomic E-state index is 11.8. The van der Waals surface area contributed by atoms with Crippen molar-refractivity contribution in [2.75, 3.05) is 11.9 Å². The maximum atomic E-state index is 11.8. The van der Waals surface area contributed by atoms with E-state index in [1.807, 2.05) is 55.5 Å². The van der Waals surface area contributed by atoms with E-state index in [0.717, 1.165) is 11.3 Å². The molecule has 1 amide bonds. The molecule has 0 bridgehead atoms. The van der Waals surface area contributed by atoms with Gasteiger partial charge in [-0.15, -0.1) is 0 Å². The molecule has 0 atom stereocenters. The molecule has 0 fully saturated rings. The van der Waals surface area contributed by atoms with Crippen molar-refractivity contribution in [2.45, 2.75) is 6.92 Å². The third-order valence-corrected chi connectivity index (χ3v) is 3.98. The monoisotopic (exact) mass is 367 g/mol. The van der Waals surface area contributed by atoms with Crippen molar-refractivity contribution in [3.05, 3.63) is 77.0 Å². The van der Waals surface area contributed by atoms with Crippen molar-refractivity contribution in [3.63, 3.8) is 0 Å². The Balaban J connectivity index is 1.51. The SMILES string of the molecule is Cc1ccc(NCC(=O)NN=Cc2ccc(-c3ccccc3Cl)o2)cc1. The van der Waals surface area contributed by atoms with Gasteiger partial charge < -0.3 is 9.73 Å². The molecule has 0 saturated heterocycles. The van der Waals surface area contributed by atoms with Crippen LogP contribution in [0.4, 0.5) is 5.69 Å². The van der Waals surface area contributed by atoms with Crippen LogP contribution in [-0.2, 0) is 4.79 Å². The summed E-state index contributed by atoms with van der Waals surface area (Å²) >= 11 is 6.15. The number of rotatable bonds is 6. The number of aryl methyl sites for hydroxylation is 1. The summed E-state index contributed by atoms with van der Waals surface area (Å²) in [6, 6.07) is 18.8. The lowest BCUT2D eigenvalue weighted by Gasteiger charge is -2.05. The van der Waals surface area contributed by atoms with E-state index < -0.39 is 0 Å². The van der Waals surface area contributed by atoms with Gasteiger partial charge in [0.05, 0.1) is 17.8 Å². The molecular formula is C20H18ClN3O2. The van der Waals surface area contributed by atoms with Gasteiger partial charge in [-0.25, -0.2) is 5.43 Å². The normalized spacial score (nSPS) is 10.8. The summed E-state index contributed by atoms with van der Waals surface area (Å²) in [6.07, 6.45) is 1.45. The average molecular weight is 368 g/mol. The van der Waals surface area contributed by atoms with E-state index in [4.69, 9.17) is 16.0 Å². The van der Waals surface area contributed by atoms with E-state index >= 15 is 0 Å². The van der Waals surface area contributed by atoms with Crippen LogP contribution in [0, 0.1) is 6.92 Å². The Kier molecular flexibility index (Phi) is 5.71. The molecule has 3 aromatic rings. The van der Waals surface area contributed by atoms with Crippen LogP contribution in [0.5, 0.6) is 0 Å². The van der Waals surface area contributed by atoms with Crippen LogP contribution in [0.3, 0.4) is 0 Å². The van der Waals surface area contributed by atoms with Crippen LogP contribution in [0.1, 0.15) is 11.3 Å². The van der Waals surface area contributed by atoms with Crippen molar-refractivity contribution in [2.24, 2.45) is 5.10 Å². The minimum Gasteiger partial charge on any atom is -0.455 e. The van der Waals surface area contributed by atoms with Gasteiger partial charge in [0.2, 0.25) is 0 Å². The molecule has 132 valence electrons. The van der Waals surface area contributed by atoms with Gasteiger partial charge in [-0.05, 0) is 43.3 Å². The number of benzene rings is 2. The molecule has 26 heavy (non-hydrogen) atoms. The highest BCUT2D eigenvalue weighted by atomic mass is 35.5. The Morgan fingerprint density at radius 3 is 2.65 bits per heavy atom. The Morgan fingerprint density at radius 1 is 1.12 bits per heavy atom. The van der Waals surface area contributed by atoms with Crippen molar-refractivity contribution < 1.29 is 9.21 Å². The number of hydrogen-bond acceptors (Lipinski definition) is 4. The summed E-state index contributed by atoms with van der Waals surface area (Å²) in [4.78, 5) is 11.8. The zero-order valence-electron chi connectivity index (χ0n) is 14.2. The largest absolute Gasteiger partial charge is 0.455 e. The van der Waals surface area contributed by atoms with Gasteiger partial charge in [0.15, 0.2) is 0 Å². The van der Waals surface area contributed by atoms with Gasteiger partial charge in [-0.1, -0.05) is 41.4 Å². The zero-order valence-corrected chi connectivity index (χ0v) is 15.0. The quantitative estimate of drug-likeness (QED) is 0.499. The molecule has 2 aromatic carbocycles. The van der Waals surface area contributed by atoms with E-state index in [-0.39, 0.29) is 12.5 Å². The first kappa shape index (κ1) is 17.8. The summed E-state index contributed by atoms with van der Waals surface area (Å²) in [5, 5.41) is 7.55. The topological polar surface area (TPSA) is 66.6 Å². The molecule has 0 saturated carbocycles. The first-order valence-electron chi connectivity index (χ1n) is 8.09. The second-order valence-electron chi connectivity index (χ2n) is 5.69. The van der Waals surface area contributed by atoms with E-state index in [0.29, 0.717) is 16.5 Å². The fourth-order valence-electron chi connectivity index (χ4n) is 2.29. The van der Waals surface area contributed by atoms with Crippen LogP contribution >= 0.6 is 11.6 Å².